The number of hydrogen-bond acceptors (Lipinski definition) is 9. The van der Waals surface area contributed by atoms with Crippen LogP contribution in [-0.4, -0.2) is 77.4 Å². The zero-order valence-electron chi connectivity index (χ0n) is 22.5. The quantitative estimate of drug-likeness (QED) is 0.312. The molecule has 3 N–H and O–H groups in total. The van der Waals surface area contributed by atoms with E-state index in [4.69, 9.17) is 27.1 Å². The third-order valence-corrected chi connectivity index (χ3v) is 10.0. The van der Waals surface area contributed by atoms with Crippen LogP contribution in [-0.2, 0) is 0 Å². The predicted molar refractivity (Wildman–Crippen MR) is 156 cm³/mol. The van der Waals surface area contributed by atoms with Crippen LogP contribution in [0.3, 0.4) is 0 Å². The fourth-order valence-electron chi connectivity index (χ4n) is 6.87. The van der Waals surface area contributed by atoms with Gasteiger partial charge in [0.2, 0.25) is 0 Å². The number of halogens is 4. The Hall–Kier alpha value is -2.93. The van der Waals surface area contributed by atoms with Crippen molar-refractivity contribution in [3.05, 3.63) is 34.9 Å². The van der Waals surface area contributed by atoms with E-state index < -0.39 is 17.8 Å². The molecule has 0 saturated carbocycles. The molecule has 0 radical (unpaired) electrons. The van der Waals surface area contributed by atoms with Crippen molar-refractivity contribution in [1.29, 1.82) is 0 Å². The zero-order valence-corrected chi connectivity index (χ0v) is 24.1. The highest BCUT2D eigenvalue weighted by atomic mass is 35.5. The van der Waals surface area contributed by atoms with Crippen molar-refractivity contribution in [1.82, 2.24) is 25.2 Å². The molecule has 5 atom stereocenters. The van der Waals surface area contributed by atoms with Crippen molar-refractivity contribution in [3.8, 4) is 17.1 Å². The molecule has 8 nitrogen and oxygen atoms in total. The topological polar surface area (TPSA) is 92.4 Å². The number of rotatable bonds is 6. The lowest BCUT2D eigenvalue weighted by Gasteiger charge is -2.27. The van der Waals surface area contributed by atoms with Gasteiger partial charge in [0.25, 0.3) is 0 Å². The third kappa shape index (κ3) is 4.38. The molecule has 3 saturated heterocycles. The average molecular weight is 604 g/mol. The van der Waals surface area contributed by atoms with E-state index in [-0.39, 0.29) is 68.2 Å². The summed E-state index contributed by atoms with van der Waals surface area (Å²) < 4.78 is 51.4. The lowest BCUT2D eigenvalue weighted by molar-refractivity contribution is 0.188. The van der Waals surface area contributed by atoms with Crippen LogP contribution >= 0.6 is 22.9 Å². The number of likely N-dealkylation sites (tertiary alicyclic amines) is 1. The molecule has 0 spiro atoms. The number of nitrogens with zero attached hydrogens (tertiary/aromatic N) is 5. The number of anilines is 2. The second-order valence-corrected chi connectivity index (χ2v) is 12.6. The predicted octanol–water partition coefficient (Wildman–Crippen LogP) is 5.17. The molecule has 3 fully saturated rings. The van der Waals surface area contributed by atoms with Crippen LogP contribution in [0, 0.1) is 11.6 Å². The Morgan fingerprint density at radius 1 is 1.17 bits per heavy atom. The highest BCUT2D eigenvalue weighted by Gasteiger charge is 2.47. The van der Waals surface area contributed by atoms with E-state index in [1.165, 1.54) is 12.1 Å². The summed E-state index contributed by atoms with van der Waals surface area (Å²) in [6.07, 6.45) is 2.36. The van der Waals surface area contributed by atoms with Crippen molar-refractivity contribution in [3.63, 3.8) is 0 Å². The number of fused-ring (bicyclic) bond motifs is 4. The van der Waals surface area contributed by atoms with Crippen molar-refractivity contribution in [2.75, 3.05) is 37.9 Å². The minimum atomic E-state index is -0.921. The van der Waals surface area contributed by atoms with Crippen LogP contribution in [0.15, 0.2) is 18.2 Å². The standard InChI is InChI=1S/C28H29ClF3N7OS/c1-34-19-8-13-3-6-20(19)39(13)26-16-9-17(29)21(15-4-5-18(31)25-24(15)35-27(33)41-25)22(32)23(16)36-28(37-26)40-11-14-7-12(30)10-38(14)2/h4-5,9,12-14,19-20,34H,3,6-8,10-11H2,1-2H3,(H2,33,35)/t12-,13-,14+,19?,20+/m1/s1. The van der Waals surface area contributed by atoms with Gasteiger partial charge in [0.1, 0.15) is 29.9 Å². The summed E-state index contributed by atoms with van der Waals surface area (Å²) >= 11 is 7.77. The largest absolute Gasteiger partial charge is 0.462 e. The monoisotopic (exact) mass is 603 g/mol. The fraction of sp³-hybridized carbons (Fsp3) is 0.464. The Labute approximate surface area is 243 Å². The molecule has 0 amide bonds. The fourth-order valence-corrected chi connectivity index (χ4v) is 7.93. The Balaban J connectivity index is 1.39. The van der Waals surface area contributed by atoms with Gasteiger partial charge in [0, 0.05) is 47.2 Å². The van der Waals surface area contributed by atoms with Crippen LogP contribution in [0.2, 0.25) is 5.02 Å². The second-order valence-electron chi connectivity index (χ2n) is 11.2. The summed E-state index contributed by atoms with van der Waals surface area (Å²) in [5.41, 5.74) is 6.53. The SMILES string of the molecule is CNC1C[C@H]2CC[C@@H]1N2c1nc(OC[C@@H]2C[C@@H](F)CN2C)nc2c(F)c(-c3ccc(F)c4sc(N)nc34)c(Cl)cc12. The van der Waals surface area contributed by atoms with Gasteiger partial charge in [-0.2, -0.15) is 9.97 Å². The van der Waals surface area contributed by atoms with E-state index in [0.717, 1.165) is 30.6 Å². The van der Waals surface area contributed by atoms with Crippen LogP contribution < -0.4 is 20.7 Å². The first-order valence-electron chi connectivity index (χ1n) is 13.7. The molecule has 2 bridgehead atoms. The lowest BCUT2D eigenvalue weighted by atomic mass is 9.96. The third-order valence-electron chi connectivity index (χ3n) is 8.82. The van der Waals surface area contributed by atoms with Gasteiger partial charge in [-0.3, -0.25) is 4.90 Å². The first-order chi connectivity index (χ1) is 19.7. The second kappa shape index (κ2) is 10.1. The number of nitrogens with two attached hydrogens (primary N) is 1. The number of aromatic nitrogens is 3. The van der Waals surface area contributed by atoms with Crippen molar-refractivity contribution in [2.24, 2.45) is 0 Å². The van der Waals surface area contributed by atoms with E-state index in [9.17, 15) is 8.78 Å². The zero-order chi connectivity index (χ0) is 28.6. The van der Waals surface area contributed by atoms with E-state index in [2.05, 4.69) is 20.2 Å². The highest BCUT2D eigenvalue weighted by molar-refractivity contribution is 7.22. The molecular weight excluding hydrogens is 575 g/mol. The van der Waals surface area contributed by atoms with E-state index in [1.807, 2.05) is 19.0 Å². The molecular formula is C28H29ClF3N7OS. The smallest absolute Gasteiger partial charge is 0.319 e. The number of ether oxygens (including phenoxy) is 1. The molecule has 2 aromatic heterocycles. The van der Waals surface area contributed by atoms with Gasteiger partial charge < -0.3 is 20.7 Å². The molecule has 4 aromatic rings. The number of alkyl halides is 1. The van der Waals surface area contributed by atoms with Gasteiger partial charge in [-0.25, -0.2) is 18.2 Å². The van der Waals surface area contributed by atoms with Crippen molar-refractivity contribution in [2.45, 2.75) is 56.0 Å². The number of benzene rings is 2. The summed E-state index contributed by atoms with van der Waals surface area (Å²) in [6.45, 7) is 0.511. The van der Waals surface area contributed by atoms with Crippen molar-refractivity contribution >= 4 is 55.0 Å². The number of likely N-dealkylation sites (N-methyl/N-ethyl adjacent to an activating group) is 2. The Kier molecular flexibility index (Phi) is 6.64. The van der Waals surface area contributed by atoms with Crippen LogP contribution in [0.4, 0.5) is 24.1 Å². The summed E-state index contributed by atoms with van der Waals surface area (Å²) in [4.78, 5) is 17.7. The number of hydrogen-bond donors (Lipinski definition) is 2. The molecule has 3 aliphatic heterocycles. The van der Waals surface area contributed by atoms with Gasteiger partial charge in [0.05, 0.1) is 15.2 Å². The number of thiazole rings is 1. The maximum absolute atomic E-state index is 16.6. The van der Waals surface area contributed by atoms with Gasteiger partial charge in [-0.15, -0.1) is 0 Å². The summed E-state index contributed by atoms with van der Waals surface area (Å²) in [7, 11) is 3.80. The minimum Gasteiger partial charge on any atom is -0.462 e. The van der Waals surface area contributed by atoms with Gasteiger partial charge in [0.15, 0.2) is 10.9 Å². The highest BCUT2D eigenvalue weighted by Crippen LogP contribution is 2.46. The molecule has 0 aliphatic carbocycles. The Bertz CT molecular complexity index is 1670. The van der Waals surface area contributed by atoms with Crippen LogP contribution in [0.5, 0.6) is 6.01 Å². The summed E-state index contributed by atoms with van der Waals surface area (Å²) in [5, 5.41) is 4.17. The number of nitrogens with one attached hydrogen (secondary N) is 1. The van der Waals surface area contributed by atoms with Gasteiger partial charge in [-0.05, 0) is 58.0 Å². The first-order valence-corrected chi connectivity index (χ1v) is 14.9. The van der Waals surface area contributed by atoms with E-state index in [0.29, 0.717) is 29.7 Å². The molecule has 1 unspecified atom stereocenters. The van der Waals surface area contributed by atoms with Gasteiger partial charge in [-0.1, -0.05) is 22.9 Å². The molecule has 13 heteroatoms. The maximum Gasteiger partial charge on any atom is 0.319 e. The van der Waals surface area contributed by atoms with E-state index >= 15 is 4.39 Å². The normalized spacial score (nSPS) is 26.2. The number of nitrogen functional groups attached to an aromatic ring is 1. The lowest BCUT2D eigenvalue weighted by Crippen LogP contribution is -2.39. The summed E-state index contributed by atoms with van der Waals surface area (Å²) in [6, 6.07) is 4.94. The summed E-state index contributed by atoms with van der Waals surface area (Å²) in [5.74, 6) is -0.613. The molecule has 3 aliphatic rings. The Morgan fingerprint density at radius 3 is 2.73 bits per heavy atom. The first kappa shape index (κ1) is 26.9. The van der Waals surface area contributed by atoms with Crippen molar-refractivity contribution < 1.29 is 17.9 Å². The molecule has 5 heterocycles. The minimum absolute atomic E-state index is 0.0184. The van der Waals surface area contributed by atoms with E-state index in [1.54, 1.807) is 6.07 Å². The van der Waals surface area contributed by atoms with Gasteiger partial charge >= 0.3 is 6.01 Å². The van der Waals surface area contributed by atoms with Crippen LogP contribution in [0.25, 0.3) is 32.2 Å². The Morgan fingerprint density at radius 2 is 2.00 bits per heavy atom. The molecule has 2 aromatic carbocycles. The molecule has 216 valence electrons. The van der Waals surface area contributed by atoms with Crippen LogP contribution in [0.1, 0.15) is 25.7 Å². The molecule has 7 rings (SSSR count). The average Bonchev–Trinajstić information content (AvgIpc) is 3.70. The molecule has 41 heavy (non-hydrogen) atoms. The maximum atomic E-state index is 16.6.